The van der Waals surface area contributed by atoms with Crippen LogP contribution in [0.15, 0.2) is 24.4 Å². The van der Waals surface area contributed by atoms with Crippen molar-refractivity contribution in [2.24, 2.45) is 0 Å². The largest absolute Gasteiger partial charge is 0.421 e. The standard InChI is InChI=1S/C29H39F3N6O3/c1-2-21(25-17-41-14-10-33-25)20-7-8-24(22(15-20)19-5-6-19)36-28-35-16-23(29(30,31)32)27(37-28)34-9-3-11-38-12-4-13-40-18-26(38)39/h7-8,15-16,19,21,25,33H,2-6,9-14,17-18H2,1H3,(H2,34,35,36,37). The molecule has 3 aliphatic rings. The summed E-state index contributed by atoms with van der Waals surface area (Å²) in [6.45, 7) is 6.23. The summed E-state index contributed by atoms with van der Waals surface area (Å²) in [6.07, 6.45) is 0.550. The predicted molar refractivity (Wildman–Crippen MR) is 149 cm³/mol. The molecule has 2 atom stereocenters. The Morgan fingerprint density at radius 1 is 1.22 bits per heavy atom. The van der Waals surface area contributed by atoms with Crippen LogP contribution in [0.1, 0.15) is 67.6 Å². The van der Waals surface area contributed by atoms with Crippen LogP contribution in [0.3, 0.4) is 0 Å². The van der Waals surface area contributed by atoms with Crippen LogP contribution in [-0.4, -0.2) is 79.4 Å². The van der Waals surface area contributed by atoms with Gasteiger partial charge in [-0.1, -0.05) is 19.1 Å². The van der Waals surface area contributed by atoms with Crippen molar-refractivity contribution in [3.63, 3.8) is 0 Å². The molecule has 0 spiro atoms. The van der Waals surface area contributed by atoms with E-state index in [-0.39, 0.29) is 36.9 Å². The van der Waals surface area contributed by atoms with E-state index in [0.717, 1.165) is 56.3 Å². The third-order valence-electron chi connectivity index (χ3n) is 7.93. The summed E-state index contributed by atoms with van der Waals surface area (Å²) in [6, 6.07) is 6.54. The zero-order chi connectivity index (χ0) is 28.8. The summed E-state index contributed by atoms with van der Waals surface area (Å²) in [5.41, 5.74) is 2.26. The Morgan fingerprint density at radius 3 is 2.80 bits per heavy atom. The summed E-state index contributed by atoms with van der Waals surface area (Å²) in [5.74, 6) is 0.434. The van der Waals surface area contributed by atoms with Crippen LogP contribution < -0.4 is 16.0 Å². The van der Waals surface area contributed by atoms with Crippen molar-refractivity contribution < 1.29 is 27.4 Å². The van der Waals surface area contributed by atoms with E-state index in [1.807, 2.05) is 6.07 Å². The van der Waals surface area contributed by atoms with E-state index in [2.05, 4.69) is 45.0 Å². The normalized spacial score (nSPS) is 20.9. The third-order valence-corrected chi connectivity index (χ3v) is 7.93. The number of morpholine rings is 1. The van der Waals surface area contributed by atoms with Gasteiger partial charge in [0.2, 0.25) is 11.9 Å². The number of amides is 1. The molecule has 3 N–H and O–H groups in total. The zero-order valence-corrected chi connectivity index (χ0v) is 23.4. The molecule has 1 aromatic heterocycles. The first-order chi connectivity index (χ1) is 19.8. The Hall–Kier alpha value is -2.96. The Balaban J connectivity index is 1.30. The molecule has 1 aliphatic carbocycles. The average Bonchev–Trinajstić information content (AvgIpc) is 3.82. The number of halogens is 3. The van der Waals surface area contributed by atoms with Crippen molar-refractivity contribution in [3.8, 4) is 0 Å². The molecule has 2 saturated heterocycles. The Bertz CT molecular complexity index is 1190. The van der Waals surface area contributed by atoms with E-state index in [1.165, 1.54) is 5.56 Å². The van der Waals surface area contributed by atoms with Crippen LogP contribution in [0, 0.1) is 0 Å². The quantitative estimate of drug-likeness (QED) is 0.333. The molecular weight excluding hydrogens is 537 g/mol. The summed E-state index contributed by atoms with van der Waals surface area (Å²) in [5, 5.41) is 9.60. The minimum Gasteiger partial charge on any atom is -0.378 e. The van der Waals surface area contributed by atoms with E-state index < -0.39 is 11.7 Å². The second kappa shape index (κ2) is 13.3. The fraction of sp³-hybridized carbons (Fsp3) is 0.621. The highest BCUT2D eigenvalue weighted by molar-refractivity contribution is 5.77. The number of alkyl halides is 3. The molecule has 0 radical (unpaired) electrons. The zero-order valence-electron chi connectivity index (χ0n) is 23.4. The number of ether oxygens (including phenoxy) is 2. The molecule has 2 aliphatic heterocycles. The second-order valence-electron chi connectivity index (χ2n) is 10.9. The Kier molecular flexibility index (Phi) is 9.61. The number of anilines is 3. The number of benzene rings is 1. The molecule has 0 bridgehead atoms. The van der Waals surface area contributed by atoms with Gasteiger partial charge in [0, 0.05) is 56.6 Å². The van der Waals surface area contributed by atoms with Crippen LogP contribution in [0.5, 0.6) is 0 Å². The van der Waals surface area contributed by atoms with Crippen molar-refractivity contribution in [2.75, 3.05) is 63.2 Å². The fourth-order valence-corrected chi connectivity index (χ4v) is 5.61. The molecule has 1 amide bonds. The summed E-state index contributed by atoms with van der Waals surface area (Å²) in [7, 11) is 0. The molecular formula is C29H39F3N6O3. The highest BCUT2D eigenvalue weighted by Crippen LogP contribution is 2.45. The van der Waals surface area contributed by atoms with Crippen LogP contribution in [0.2, 0.25) is 0 Å². The Labute approximate surface area is 238 Å². The number of hydrogen-bond acceptors (Lipinski definition) is 8. The molecule has 3 heterocycles. The smallest absolute Gasteiger partial charge is 0.378 e. The van der Waals surface area contributed by atoms with E-state index in [4.69, 9.17) is 9.47 Å². The number of carbonyl (C=O) groups excluding carboxylic acids is 1. The maximum absolute atomic E-state index is 13.8. The van der Waals surface area contributed by atoms with Gasteiger partial charge in [-0.3, -0.25) is 4.79 Å². The molecule has 3 fully saturated rings. The van der Waals surface area contributed by atoms with E-state index in [1.54, 1.807) is 4.90 Å². The molecule has 2 unspecified atom stereocenters. The van der Waals surface area contributed by atoms with Gasteiger partial charge in [0.1, 0.15) is 18.0 Å². The molecule has 12 heteroatoms. The Morgan fingerprint density at radius 2 is 2.07 bits per heavy atom. The molecule has 9 nitrogen and oxygen atoms in total. The van der Waals surface area contributed by atoms with Gasteiger partial charge in [0.15, 0.2) is 0 Å². The molecule has 5 rings (SSSR count). The number of hydrogen-bond donors (Lipinski definition) is 3. The number of nitrogens with zero attached hydrogens (tertiary/aromatic N) is 3. The summed E-state index contributed by atoms with van der Waals surface area (Å²) < 4.78 is 52.2. The van der Waals surface area contributed by atoms with Gasteiger partial charge < -0.3 is 30.3 Å². The number of carbonyl (C=O) groups is 1. The molecule has 1 aromatic carbocycles. The van der Waals surface area contributed by atoms with Gasteiger partial charge in [-0.25, -0.2) is 4.98 Å². The summed E-state index contributed by atoms with van der Waals surface area (Å²) in [4.78, 5) is 22.1. The first-order valence-corrected chi connectivity index (χ1v) is 14.6. The highest BCUT2D eigenvalue weighted by Gasteiger charge is 2.35. The maximum Gasteiger partial charge on any atom is 0.421 e. The van der Waals surface area contributed by atoms with E-state index in [9.17, 15) is 18.0 Å². The third kappa shape index (κ3) is 7.66. The van der Waals surface area contributed by atoms with Gasteiger partial charge in [-0.15, -0.1) is 0 Å². The summed E-state index contributed by atoms with van der Waals surface area (Å²) >= 11 is 0. The van der Waals surface area contributed by atoms with Gasteiger partial charge >= 0.3 is 6.18 Å². The lowest BCUT2D eigenvalue weighted by molar-refractivity contribution is -0.137. The topological polar surface area (TPSA) is 101 Å². The molecule has 224 valence electrons. The van der Waals surface area contributed by atoms with Crippen molar-refractivity contribution in [1.29, 1.82) is 0 Å². The van der Waals surface area contributed by atoms with E-state index in [0.29, 0.717) is 44.6 Å². The molecule has 1 saturated carbocycles. The van der Waals surface area contributed by atoms with Crippen molar-refractivity contribution in [1.82, 2.24) is 20.2 Å². The average molecular weight is 577 g/mol. The lowest BCUT2D eigenvalue weighted by Crippen LogP contribution is -2.44. The van der Waals surface area contributed by atoms with Crippen LogP contribution in [-0.2, 0) is 20.4 Å². The van der Waals surface area contributed by atoms with Gasteiger partial charge in [0.25, 0.3) is 0 Å². The van der Waals surface area contributed by atoms with Gasteiger partial charge in [0.05, 0.1) is 13.2 Å². The SMILES string of the molecule is CCC(c1ccc(Nc2ncc(C(F)(F)F)c(NCCCN3CCCOCC3=O)n2)c(C2CC2)c1)C1COCCN1. The highest BCUT2D eigenvalue weighted by atomic mass is 19.4. The van der Waals surface area contributed by atoms with Crippen LogP contribution in [0.25, 0.3) is 0 Å². The van der Waals surface area contributed by atoms with Crippen molar-refractivity contribution >= 4 is 23.4 Å². The molecule has 2 aromatic rings. The monoisotopic (exact) mass is 576 g/mol. The maximum atomic E-state index is 13.8. The number of rotatable bonds is 11. The van der Waals surface area contributed by atoms with Crippen LogP contribution in [0.4, 0.5) is 30.6 Å². The van der Waals surface area contributed by atoms with E-state index >= 15 is 0 Å². The van der Waals surface area contributed by atoms with Gasteiger partial charge in [-0.2, -0.15) is 18.2 Å². The fourth-order valence-electron chi connectivity index (χ4n) is 5.61. The van der Waals surface area contributed by atoms with Gasteiger partial charge in [-0.05, 0) is 55.2 Å². The number of nitrogens with one attached hydrogen (secondary N) is 3. The lowest BCUT2D eigenvalue weighted by atomic mass is 9.87. The van der Waals surface area contributed by atoms with Crippen LogP contribution >= 0.6 is 0 Å². The molecule has 41 heavy (non-hydrogen) atoms. The predicted octanol–water partition coefficient (Wildman–Crippen LogP) is 4.65. The second-order valence-corrected chi connectivity index (χ2v) is 10.9. The van der Waals surface area contributed by atoms with Crippen molar-refractivity contribution in [3.05, 3.63) is 41.1 Å². The minimum absolute atomic E-state index is 0.0431. The first kappa shape index (κ1) is 29.5. The first-order valence-electron chi connectivity index (χ1n) is 14.6. The number of aromatic nitrogens is 2. The van der Waals surface area contributed by atoms with Crippen molar-refractivity contribution in [2.45, 2.75) is 63.1 Å². The minimum atomic E-state index is -4.61. The lowest BCUT2D eigenvalue weighted by Gasteiger charge is -2.31.